The second-order valence-electron chi connectivity index (χ2n) is 9.27. The van der Waals surface area contributed by atoms with E-state index in [1.165, 1.54) is 23.2 Å². The minimum atomic E-state index is 0.120. The van der Waals surface area contributed by atoms with Crippen molar-refractivity contribution in [1.82, 2.24) is 0 Å². The molecule has 172 valence electrons. The number of rotatable bonds is 7. The van der Waals surface area contributed by atoms with Gasteiger partial charge in [0.2, 0.25) is 5.91 Å². The van der Waals surface area contributed by atoms with E-state index in [9.17, 15) is 4.79 Å². The number of carbonyl (C=O) groups excluding carboxylic acids is 1. The predicted molar refractivity (Wildman–Crippen MR) is 138 cm³/mol. The van der Waals surface area contributed by atoms with Crippen LogP contribution in [0.3, 0.4) is 0 Å². The van der Waals surface area contributed by atoms with Gasteiger partial charge in [-0.25, -0.2) is 0 Å². The summed E-state index contributed by atoms with van der Waals surface area (Å²) in [6.07, 6.45) is 5.52. The van der Waals surface area contributed by atoms with Gasteiger partial charge in [-0.05, 0) is 59.4 Å². The first-order valence-corrected chi connectivity index (χ1v) is 12.0. The van der Waals surface area contributed by atoms with Crippen molar-refractivity contribution in [2.75, 3.05) is 23.9 Å². The van der Waals surface area contributed by atoms with Crippen LogP contribution in [0.15, 0.2) is 72.8 Å². The van der Waals surface area contributed by atoms with E-state index in [-0.39, 0.29) is 11.8 Å². The third-order valence-corrected chi connectivity index (χ3v) is 6.69. The summed E-state index contributed by atoms with van der Waals surface area (Å²) >= 11 is 0. The van der Waals surface area contributed by atoms with Gasteiger partial charge in [-0.15, -0.1) is 0 Å². The molecular formula is C29H35N3O. The van der Waals surface area contributed by atoms with E-state index >= 15 is 0 Å². The summed E-state index contributed by atoms with van der Waals surface area (Å²) in [6, 6.07) is 25.3. The number of carbonyl (C=O) groups is 1. The average Bonchev–Trinajstić information content (AvgIpc) is 2.88. The lowest BCUT2D eigenvalue weighted by molar-refractivity contribution is -0.123. The first-order chi connectivity index (χ1) is 16.0. The molecule has 4 nitrogen and oxygen atoms in total. The van der Waals surface area contributed by atoms with Gasteiger partial charge >= 0.3 is 0 Å². The Labute approximate surface area is 198 Å². The maximum Gasteiger partial charge on any atom is 0.230 e. The SMILES string of the molecule is CN(C)c1ccc(-c2ccc(CN(C(=O)C3CCCCC3)c3cccc(CN)c3)cc2)cc1. The highest BCUT2D eigenvalue weighted by Crippen LogP contribution is 2.30. The van der Waals surface area contributed by atoms with Crippen LogP contribution in [0, 0.1) is 5.92 Å². The van der Waals surface area contributed by atoms with E-state index in [0.717, 1.165) is 42.5 Å². The zero-order chi connectivity index (χ0) is 23.2. The number of hydrogen-bond donors (Lipinski definition) is 1. The zero-order valence-electron chi connectivity index (χ0n) is 19.8. The van der Waals surface area contributed by atoms with Crippen molar-refractivity contribution in [3.63, 3.8) is 0 Å². The summed E-state index contributed by atoms with van der Waals surface area (Å²) in [5, 5.41) is 0. The smallest absolute Gasteiger partial charge is 0.230 e. The molecule has 0 unspecified atom stereocenters. The topological polar surface area (TPSA) is 49.6 Å². The number of nitrogens with two attached hydrogens (primary N) is 1. The molecule has 3 aromatic rings. The molecule has 1 aliphatic rings. The first kappa shape index (κ1) is 23.1. The molecule has 0 heterocycles. The second kappa shape index (κ2) is 10.7. The zero-order valence-corrected chi connectivity index (χ0v) is 19.8. The Morgan fingerprint density at radius 1 is 0.818 bits per heavy atom. The van der Waals surface area contributed by atoms with Crippen LogP contribution in [-0.2, 0) is 17.9 Å². The Morgan fingerprint density at radius 2 is 1.45 bits per heavy atom. The van der Waals surface area contributed by atoms with Crippen molar-refractivity contribution in [3.8, 4) is 11.1 Å². The van der Waals surface area contributed by atoms with E-state index in [1.807, 2.05) is 37.2 Å². The predicted octanol–water partition coefficient (Wildman–Crippen LogP) is 5.99. The van der Waals surface area contributed by atoms with Crippen molar-refractivity contribution < 1.29 is 4.79 Å². The van der Waals surface area contributed by atoms with Crippen LogP contribution in [0.25, 0.3) is 11.1 Å². The molecule has 0 aromatic heterocycles. The number of hydrogen-bond acceptors (Lipinski definition) is 3. The van der Waals surface area contributed by atoms with Crippen LogP contribution in [0.4, 0.5) is 11.4 Å². The molecule has 0 atom stereocenters. The molecule has 1 saturated carbocycles. The minimum Gasteiger partial charge on any atom is -0.378 e. The van der Waals surface area contributed by atoms with Crippen LogP contribution < -0.4 is 15.5 Å². The Balaban J connectivity index is 1.56. The summed E-state index contributed by atoms with van der Waals surface area (Å²) in [4.78, 5) is 17.6. The molecule has 33 heavy (non-hydrogen) atoms. The summed E-state index contributed by atoms with van der Waals surface area (Å²) in [6.45, 7) is 1.05. The molecule has 0 radical (unpaired) electrons. The van der Waals surface area contributed by atoms with Crippen molar-refractivity contribution in [2.45, 2.75) is 45.2 Å². The third kappa shape index (κ3) is 5.63. The standard InChI is InChI=1S/C29H35N3O/c1-31(2)27-17-15-25(16-18-27)24-13-11-22(12-14-24)21-32(28-10-6-7-23(19-28)20-30)29(33)26-8-4-3-5-9-26/h6-7,10-19,26H,3-5,8-9,20-21,30H2,1-2H3. The molecule has 1 amide bonds. The molecular weight excluding hydrogens is 406 g/mol. The molecule has 0 aliphatic heterocycles. The molecule has 0 spiro atoms. The highest BCUT2D eigenvalue weighted by atomic mass is 16.2. The fraction of sp³-hybridized carbons (Fsp3) is 0.345. The van der Waals surface area contributed by atoms with Crippen LogP contribution in [0.2, 0.25) is 0 Å². The van der Waals surface area contributed by atoms with Gasteiger partial charge in [0.25, 0.3) is 0 Å². The van der Waals surface area contributed by atoms with Crippen LogP contribution in [0.5, 0.6) is 0 Å². The number of benzene rings is 3. The summed E-state index contributed by atoms with van der Waals surface area (Å²) in [5.41, 5.74) is 12.6. The van der Waals surface area contributed by atoms with E-state index in [0.29, 0.717) is 13.1 Å². The molecule has 1 aliphatic carbocycles. The van der Waals surface area contributed by atoms with E-state index < -0.39 is 0 Å². The molecule has 2 N–H and O–H groups in total. The Bertz CT molecular complexity index is 1050. The van der Waals surface area contributed by atoms with E-state index in [4.69, 9.17) is 5.73 Å². The van der Waals surface area contributed by atoms with Gasteiger partial charge in [0.05, 0.1) is 6.54 Å². The Kier molecular flexibility index (Phi) is 7.46. The van der Waals surface area contributed by atoms with Gasteiger partial charge in [0.1, 0.15) is 0 Å². The third-order valence-electron chi connectivity index (χ3n) is 6.69. The average molecular weight is 442 g/mol. The summed E-state index contributed by atoms with van der Waals surface area (Å²) in [5.74, 6) is 0.363. The number of anilines is 2. The molecule has 0 bridgehead atoms. The van der Waals surface area contributed by atoms with Crippen molar-refractivity contribution in [3.05, 3.63) is 83.9 Å². The lowest BCUT2D eigenvalue weighted by atomic mass is 9.88. The van der Waals surface area contributed by atoms with Crippen molar-refractivity contribution in [1.29, 1.82) is 0 Å². The quantitative estimate of drug-likeness (QED) is 0.490. The summed E-state index contributed by atoms with van der Waals surface area (Å²) in [7, 11) is 4.10. The minimum absolute atomic E-state index is 0.120. The van der Waals surface area contributed by atoms with Gasteiger partial charge < -0.3 is 15.5 Å². The van der Waals surface area contributed by atoms with Gasteiger partial charge in [0.15, 0.2) is 0 Å². The lowest BCUT2D eigenvalue weighted by Gasteiger charge is -2.30. The fourth-order valence-electron chi connectivity index (χ4n) is 4.65. The van der Waals surface area contributed by atoms with Crippen LogP contribution in [-0.4, -0.2) is 20.0 Å². The monoisotopic (exact) mass is 441 g/mol. The van der Waals surface area contributed by atoms with Crippen molar-refractivity contribution >= 4 is 17.3 Å². The number of amides is 1. The maximum atomic E-state index is 13.6. The highest BCUT2D eigenvalue weighted by Gasteiger charge is 2.27. The normalized spacial score (nSPS) is 14.2. The fourth-order valence-corrected chi connectivity index (χ4v) is 4.65. The Hall–Kier alpha value is -3.11. The second-order valence-corrected chi connectivity index (χ2v) is 9.27. The highest BCUT2D eigenvalue weighted by molar-refractivity contribution is 5.95. The van der Waals surface area contributed by atoms with Crippen LogP contribution in [0.1, 0.15) is 43.2 Å². The largest absolute Gasteiger partial charge is 0.378 e. The molecule has 0 saturated heterocycles. The van der Waals surface area contributed by atoms with E-state index in [1.54, 1.807) is 0 Å². The lowest BCUT2D eigenvalue weighted by Crippen LogP contribution is -2.36. The molecule has 1 fully saturated rings. The van der Waals surface area contributed by atoms with Crippen LogP contribution >= 0.6 is 0 Å². The van der Waals surface area contributed by atoms with Gasteiger partial charge in [-0.3, -0.25) is 4.79 Å². The molecule has 4 heteroatoms. The number of nitrogens with zero attached hydrogens (tertiary/aromatic N) is 2. The first-order valence-electron chi connectivity index (χ1n) is 12.0. The van der Waals surface area contributed by atoms with Crippen molar-refractivity contribution in [2.24, 2.45) is 11.7 Å². The Morgan fingerprint density at radius 3 is 2.06 bits per heavy atom. The maximum absolute atomic E-state index is 13.6. The van der Waals surface area contributed by atoms with Gasteiger partial charge in [-0.1, -0.05) is 67.8 Å². The summed E-state index contributed by atoms with van der Waals surface area (Å²) < 4.78 is 0. The van der Waals surface area contributed by atoms with Gasteiger partial charge in [-0.2, -0.15) is 0 Å². The molecule has 3 aromatic carbocycles. The van der Waals surface area contributed by atoms with E-state index in [2.05, 4.69) is 59.5 Å². The van der Waals surface area contributed by atoms with Gasteiger partial charge in [0, 0.05) is 37.9 Å². The molecule has 4 rings (SSSR count).